The first-order valence-electron chi connectivity index (χ1n) is 9.39. The highest BCUT2D eigenvalue weighted by Crippen LogP contribution is 2.29. The van der Waals surface area contributed by atoms with Crippen LogP contribution in [0.2, 0.25) is 5.02 Å². The van der Waals surface area contributed by atoms with Gasteiger partial charge in [-0.05, 0) is 62.2 Å². The fourth-order valence-corrected chi connectivity index (χ4v) is 4.67. The monoisotopic (exact) mass is 442 g/mol. The Hall–Kier alpha value is -2.83. The molecule has 3 aromatic rings. The second-order valence-corrected chi connectivity index (χ2v) is 9.42. The number of sulfonamides is 1. The molecule has 0 atom stereocenters. The van der Waals surface area contributed by atoms with Gasteiger partial charge in [0.2, 0.25) is 5.91 Å². The van der Waals surface area contributed by atoms with E-state index in [0.717, 1.165) is 15.4 Å². The maximum atomic E-state index is 13.5. The largest absolute Gasteiger partial charge is 0.324 e. The smallest absolute Gasteiger partial charge is 0.264 e. The summed E-state index contributed by atoms with van der Waals surface area (Å²) in [5, 5.41) is 3.19. The number of benzene rings is 3. The zero-order chi connectivity index (χ0) is 21.9. The summed E-state index contributed by atoms with van der Waals surface area (Å²) in [6.07, 6.45) is 0. The highest BCUT2D eigenvalue weighted by Gasteiger charge is 2.28. The Kier molecular flexibility index (Phi) is 6.48. The number of rotatable bonds is 6. The lowest BCUT2D eigenvalue weighted by Crippen LogP contribution is -2.38. The van der Waals surface area contributed by atoms with Gasteiger partial charge in [-0.15, -0.1) is 0 Å². The zero-order valence-corrected chi connectivity index (χ0v) is 18.6. The number of halogens is 1. The molecule has 0 saturated heterocycles. The number of carbonyl (C=O) groups excluding carboxylic acids is 1. The Morgan fingerprint density at radius 1 is 0.933 bits per heavy atom. The Balaban J connectivity index is 2.01. The van der Waals surface area contributed by atoms with Gasteiger partial charge in [0, 0.05) is 10.7 Å². The van der Waals surface area contributed by atoms with Crippen molar-refractivity contribution in [3.05, 3.63) is 88.4 Å². The normalized spacial score (nSPS) is 11.2. The third kappa shape index (κ3) is 4.83. The molecule has 3 aromatic carbocycles. The van der Waals surface area contributed by atoms with Crippen molar-refractivity contribution in [1.82, 2.24) is 0 Å². The van der Waals surface area contributed by atoms with E-state index in [0.29, 0.717) is 22.0 Å². The number of anilines is 2. The van der Waals surface area contributed by atoms with Crippen molar-refractivity contribution in [2.45, 2.75) is 25.7 Å². The SMILES string of the molecule is Cc1ccc(S(=O)(=O)N(CC(=O)Nc2ccccc2C)c2cc(Cl)ccc2C)cc1. The fourth-order valence-electron chi connectivity index (χ4n) is 3.02. The van der Waals surface area contributed by atoms with Crippen molar-refractivity contribution in [1.29, 1.82) is 0 Å². The van der Waals surface area contributed by atoms with Crippen molar-refractivity contribution in [2.75, 3.05) is 16.2 Å². The van der Waals surface area contributed by atoms with Gasteiger partial charge >= 0.3 is 0 Å². The summed E-state index contributed by atoms with van der Waals surface area (Å²) in [4.78, 5) is 12.9. The van der Waals surface area contributed by atoms with Crippen LogP contribution in [0.15, 0.2) is 71.6 Å². The van der Waals surface area contributed by atoms with Crippen LogP contribution in [0, 0.1) is 20.8 Å². The number of aryl methyl sites for hydroxylation is 3. The van der Waals surface area contributed by atoms with E-state index in [1.165, 1.54) is 12.1 Å². The van der Waals surface area contributed by atoms with Crippen LogP contribution in [0.3, 0.4) is 0 Å². The van der Waals surface area contributed by atoms with Crippen LogP contribution in [0.1, 0.15) is 16.7 Å². The molecule has 1 N–H and O–H groups in total. The first-order valence-corrected chi connectivity index (χ1v) is 11.2. The van der Waals surface area contributed by atoms with Crippen molar-refractivity contribution in [3.8, 4) is 0 Å². The molecule has 0 fully saturated rings. The molecule has 0 bridgehead atoms. The van der Waals surface area contributed by atoms with E-state index < -0.39 is 15.9 Å². The summed E-state index contributed by atoms with van der Waals surface area (Å²) in [5.41, 5.74) is 3.52. The van der Waals surface area contributed by atoms with E-state index in [-0.39, 0.29) is 11.4 Å². The molecule has 0 aliphatic carbocycles. The Labute approximate surface area is 182 Å². The fraction of sp³-hybridized carbons (Fsp3) is 0.174. The van der Waals surface area contributed by atoms with E-state index in [1.54, 1.807) is 43.3 Å². The quantitative estimate of drug-likeness (QED) is 0.577. The third-order valence-electron chi connectivity index (χ3n) is 4.76. The standard InChI is InChI=1S/C23H23ClN2O3S/c1-16-8-12-20(13-9-16)30(28,29)26(22-14-19(24)11-10-18(22)3)15-23(27)25-21-7-5-4-6-17(21)2/h4-14H,15H2,1-3H3,(H,25,27). The van der Waals surface area contributed by atoms with Gasteiger partial charge in [-0.3, -0.25) is 9.10 Å². The Morgan fingerprint density at radius 3 is 2.27 bits per heavy atom. The Bertz CT molecular complexity index is 1180. The molecule has 0 heterocycles. The minimum Gasteiger partial charge on any atom is -0.324 e. The van der Waals surface area contributed by atoms with Gasteiger partial charge in [-0.2, -0.15) is 0 Å². The molecule has 0 aliphatic rings. The molecule has 0 radical (unpaired) electrons. The first kappa shape index (κ1) is 21.9. The highest BCUT2D eigenvalue weighted by atomic mass is 35.5. The molecule has 5 nitrogen and oxygen atoms in total. The number of hydrogen-bond donors (Lipinski definition) is 1. The first-order chi connectivity index (χ1) is 14.2. The minimum atomic E-state index is -3.99. The maximum Gasteiger partial charge on any atom is 0.264 e. The molecule has 30 heavy (non-hydrogen) atoms. The number of amides is 1. The molecule has 0 unspecified atom stereocenters. The zero-order valence-electron chi connectivity index (χ0n) is 17.0. The summed E-state index contributed by atoms with van der Waals surface area (Å²) >= 11 is 6.14. The lowest BCUT2D eigenvalue weighted by Gasteiger charge is -2.26. The lowest BCUT2D eigenvalue weighted by molar-refractivity contribution is -0.114. The molecule has 0 aliphatic heterocycles. The Morgan fingerprint density at radius 2 is 1.60 bits per heavy atom. The molecular formula is C23H23ClN2O3S. The molecule has 0 saturated carbocycles. The molecule has 0 aromatic heterocycles. The summed E-state index contributed by atoms with van der Waals surface area (Å²) in [5.74, 6) is -0.445. The molecule has 1 amide bonds. The van der Waals surface area contributed by atoms with Crippen LogP contribution in [0.5, 0.6) is 0 Å². The van der Waals surface area contributed by atoms with Crippen LogP contribution in [0.25, 0.3) is 0 Å². The van der Waals surface area contributed by atoms with Gasteiger partial charge in [0.25, 0.3) is 10.0 Å². The summed E-state index contributed by atoms with van der Waals surface area (Å²) in [7, 11) is -3.99. The van der Waals surface area contributed by atoms with Gasteiger partial charge in [-0.25, -0.2) is 8.42 Å². The van der Waals surface area contributed by atoms with E-state index in [1.807, 2.05) is 32.0 Å². The van der Waals surface area contributed by atoms with Crippen LogP contribution >= 0.6 is 11.6 Å². The number of nitrogens with zero attached hydrogens (tertiary/aromatic N) is 1. The van der Waals surface area contributed by atoms with Gasteiger partial charge < -0.3 is 5.32 Å². The number of carbonyl (C=O) groups is 1. The van der Waals surface area contributed by atoms with E-state index in [4.69, 9.17) is 11.6 Å². The van der Waals surface area contributed by atoms with Crippen LogP contribution in [-0.4, -0.2) is 20.9 Å². The molecule has 156 valence electrons. The second kappa shape index (κ2) is 8.90. The topological polar surface area (TPSA) is 66.5 Å². The van der Waals surface area contributed by atoms with Gasteiger partial charge in [0.1, 0.15) is 6.54 Å². The number of hydrogen-bond acceptors (Lipinski definition) is 3. The average molecular weight is 443 g/mol. The predicted octanol–water partition coefficient (Wildman–Crippen LogP) is 5.10. The van der Waals surface area contributed by atoms with E-state index >= 15 is 0 Å². The van der Waals surface area contributed by atoms with Gasteiger partial charge in [0.15, 0.2) is 0 Å². The molecule has 3 rings (SSSR count). The van der Waals surface area contributed by atoms with Crippen LogP contribution in [0.4, 0.5) is 11.4 Å². The van der Waals surface area contributed by atoms with Crippen molar-refractivity contribution in [2.24, 2.45) is 0 Å². The van der Waals surface area contributed by atoms with Gasteiger partial charge in [-0.1, -0.05) is 53.6 Å². The van der Waals surface area contributed by atoms with Gasteiger partial charge in [0.05, 0.1) is 10.6 Å². The summed E-state index contributed by atoms with van der Waals surface area (Å²) < 4.78 is 28.0. The predicted molar refractivity (Wildman–Crippen MR) is 122 cm³/mol. The summed E-state index contributed by atoms with van der Waals surface area (Å²) in [6, 6.07) is 18.8. The number of para-hydroxylation sites is 1. The van der Waals surface area contributed by atoms with E-state index in [2.05, 4.69) is 5.32 Å². The van der Waals surface area contributed by atoms with Crippen molar-refractivity contribution >= 4 is 38.9 Å². The summed E-state index contributed by atoms with van der Waals surface area (Å²) in [6.45, 7) is 5.15. The number of nitrogens with one attached hydrogen (secondary N) is 1. The second-order valence-electron chi connectivity index (χ2n) is 7.12. The maximum absolute atomic E-state index is 13.5. The minimum absolute atomic E-state index is 0.108. The highest BCUT2D eigenvalue weighted by molar-refractivity contribution is 7.92. The lowest BCUT2D eigenvalue weighted by atomic mass is 10.2. The average Bonchev–Trinajstić information content (AvgIpc) is 2.70. The van der Waals surface area contributed by atoms with Crippen molar-refractivity contribution in [3.63, 3.8) is 0 Å². The molecular weight excluding hydrogens is 420 g/mol. The van der Waals surface area contributed by atoms with Crippen molar-refractivity contribution < 1.29 is 13.2 Å². The van der Waals surface area contributed by atoms with E-state index in [9.17, 15) is 13.2 Å². The molecule has 7 heteroatoms. The van der Waals surface area contributed by atoms with Crippen LogP contribution in [-0.2, 0) is 14.8 Å². The third-order valence-corrected chi connectivity index (χ3v) is 6.76. The van der Waals surface area contributed by atoms with Crippen LogP contribution < -0.4 is 9.62 Å². The molecule has 0 spiro atoms.